The van der Waals surface area contributed by atoms with Gasteiger partial charge in [-0.2, -0.15) is 0 Å². The molecule has 20 heavy (non-hydrogen) atoms. The Morgan fingerprint density at radius 1 is 1.30 bits per heavy atom. The summed E-state index contributed by atoms with van der Waals surface area (Å²) in [6, 6.07) is 4.90. The highest BCUT2D eigenvalue weighted by atomic mass is 16.4. The normalized spacial score (nSPS) is 11.8. The van der Waals surface area contributed by atoms with Gasteiger partial charge in [0, 0.05) is 5.56 Å². The van der Waals surface area contributed by atoms with Gasteiger partial charge in [-0.3, -0.25) is 4.79 Å². The van der Waals surface area contributed by atoms with E-state index >= 15 is 0 Å². The Labute approximate surface area is 112 Å². The molecule has 0 aliphatic heterocycles. The van der Waals surface area contributed by atoms with Gasteiger partial charge >= 0.3 is 5.97 Å². The predicted molar refractivity (Wildman–Crippen MR) is 65.1 cm³/mol. The number of rotatable bonds is 5. The summed E-state index contributed by atoms with van der Waals surface area (Å²) < 4.78 is 1.41. The van der Waals surface area contributed by atoms with Crippen LogP contribution in [0.5, 0.6) is 0 Å². The van der Waals surface area contributed by atoms with E-state index in [2.05, 4.69) is 20.8 Å². The molecule has 1 aromatic carbocycles. The number of carbonyl (C=O) groups excluding carboxylic acids is 1. The highest BCUT2D eigenvalue weighted by Gasteiger charge is 2.19. The number of benzene rings is 1. The number of nitrogens with one attached hydrogen (secondary N) is 1. The maximum absolute atomic E-state index is 11.8. The third-order valence-corrected chi connectivity index (χ3v) is 2.53. The van der Waals surface area contributed by atoms with Crippen molar-refractivity contribution in [3.8, 4) is 5.69 Å². The molecule has 1 amide bonds. The first-order valence-electron chi connectivity index (χ1n) is 5.60. The van der Waals surface area contributed by atoms with Crippen molar-refractivity contribution in [2.45, 2.75) is 6.04 Å². The fraction of sp³-hybridized carbons (Fsp3) is 0.182. The van der Waals surface area contributed by atoms with Gasteiger partial charge in [0.05, 0.1) is 12.3 Å². The molecule has 3 N–H and O–H groups in total. The summed E-state index contributed by atoms with van der Waals surface area (Å²) in [7, 11) is 0. The van der Waals surface area contributed by atoms with Crippen LogP contribution in [0.4, 0.5) is 0 Å². The van der Waals surface area contributed by atoms with E-state index in [0.717, 1.165) is 0 Å². The molecule has 2 rings (SSSR count). The van der Waals surface area contributed by atoms with E-state index in [4.69, 9.17) is 10.2 Å². The number of carbonyl (C=O) groups is 2. The topological polar surface area (TPSA) is 130 Å². The molecule has 9 nitrogen and oxygen atoms in total. The van der Waals surface area contributed by atoms with Gasteiger partial charge in [-0.1, -0.05) is 0 Å². The van der Waals surface area contributed by atoms with Crippen LogP contribution in [-0.4, -0.2) is 54.9 Å². The maximum atomic E-state index is 11.8. The molecule has 0 aliphatic rings. The average Bonchev–Trinajstić information content (AvgIpc) is 2.98. The molecule has 9 heteroatoms. The third kappa shape index (κ3) is 2.95. The number of carboxylic acids is 1. The van der Waals surface area contributed by atoms with Crippen LogP contribution in [0.3, 0.4) is 0 Å². The van der Waals surface area contributed by atoms with Crippen molar-refractivity contribution in [3.05, 3.63) is 36.2 Å². The van der Waals surface area contributed by atoms with E-state index < -0.39 is 24.5 Å². The molecule has 1 atom stereocenters. The zero-order valence-electron chi connectivity index (χ0n) is 10.2. The Bertz CT molecular complexity index is 596. The summed E-state index contributed by atoms with van der Waals surface area (Å²) >= 11 is 0. The fourth-order valence-corrected chi connectivity index (χ4v) is 1.47. The molecule has 0 radical (unpaired) electrons. The lowest BCUT2D eigenvalue weighted by Gasteiger charge is -2.11. The summed E-state index contributed by atoms with van der Waals surface area (Å²) in [5.74, 6) is -1.89. The van der Waals surface area contributed by atoms with Crippen LogP contribution in [-0.2, 0) is 4.79 Å². The highest BCUT2D eigenvalue weighted by Crippen LogP contribution is 2.07. The minimum atomic E-state index is -1.33. The van der Waals surface area contributed by atoms with Crippen LogP contribution in [0, 0.1) is 0 Å². The second-order valence-corrected chi connectivity index (χ2v) is 3.85. The number of aliphatic carboxylic acids is 1. The van der Waals surface area contributed by atoms with Crippen LogP contribution in [0.25, 0.3) is 5.69 Å². The van der Waals surface area contributed by atoms with Gasteiger partial charge < -0.3 is 15.5 Å². The molecule has 0 saturated heterocycles. The Kier molecular flexibility index (Phi) is 4.01. The molecule has 0 unspecified atom stereocenters. The minimum Gasteiger partial charge on any atom is -0.480 e. The molecule has 1 heterocycles. The number of carboxylic acid groups (broad SMARTS) is 1. The van der Waals surface area contributed by atoms with Crippen molar-refractivity contribution < 1.29 is 19.8 Å². The molecule has 0 fully saturated rings. The number of amides is 1. The van der Waals surface area contributed by atoms with Gasteiger partial charge in [-0.25, -0.2) is 9.48 Å². The van der Waals surface area contributed by atoms with Crippen molar-refractivity contribution >= 4 is 11.9 Å². The highest BCUT2D eigenvalue weighted by molar-refractivity contribution is 5.96. The molecule has 0 saturated carbocycles. The summed E-state index contributed by atoms with van der Waals surface area (Å²) in [4.78, 5) is 22.5. The van der Waals surface area contributed by atoms with E-state index in [9.17, 15) is 9.59 Å². The van der Waals surface area contributed by atoms with Gasteiger partial charge in [0.25, 0.3) is 5.91 Å². The minimum absolute atomic E-state index is 0.265. The first kappa shape index (κ1) is 13.6. The van der Waals surface area contributed by atoms with Crippen LogP contribution in [0.2, 0.25) is 0 Å². The molecule has 104 valence electrons. The second kappa shape index (κ2) is 5.89. The molecule has 0 bridgehead atoms. The number of aliphatic hydroxyl groups excluding tert-OH is 1. The lowest BCUT2D eigenvalue weighted by molar-refractivity contribution is -0.140. The lowest BCUT2D eigenvalue weighted by Crippen LogP contribution is -2.43. The van der Waals surface area contributed by atoms with Crippen LogP contribution in [0.1, 0.15) is 10.4 Å². The van der Waals surface area contributed by atoms with Gasteiger partial charge in [0.2, 0.25) is 0 Å². The van der Waals surface area contributed by atoms with Crippen LogP contribution >= 0.6 is 0 Å². The summed E-state index contributed by atoms with van der Waals surface area (Å²) in [5, 5.41) is 30.4. The van der Waals surface area contributed by atoms with Gasteiger partial charge in [-0.05, 0) is 34.7 Å². The summed E-state index contributed by atoms with van der Waals surface area (Å²) in [5.41, 5.74) is 0.921. The van der Waals surface area contributed by atoms with Gasteiger partial charge in [0.15, 0.2) is 6.04 Å². The van der Waals surface area contributed by atoms with Crippen molar-refractivity contribution in [2.24, 2.45) is 0 Å². The van der Waals surface area contributed by atoms with E-state index in [1.807, 2.05) is 0 Å². The summed E-state index contributed by atoms with van der Waals surface area (Å²) in [6.45, 7) is -0.677. The van der Waals surface area contributed by atoms with E-state index in [1.165, 1.54) is 23.1 Å². The van der Waals surface area contributed by atoms with Gasteiger partial charge in [0.1, 0.15) is 6.33 Å². The molecular weight excluding hydrogens is 266 g/mol. The molecule has 0 spiro atoms. The Hall–Kier alpha value is -2.81. The zero-order valence-corrected chi connectivity index (χ0v) is 10.2. The van der Waals surface area contributed by atoms with Crippen molar-refractivity contribution in [3.63, 3.8) is 0 Å². The largest absolute Gasteiger partial charge is 0.480 e. The van der Waals surface area contributed by atoms with Crippen LogP contribution in [0.15, 0.2) is 30.6 Å². The van der Waals surface area contributed by atoms with E-state index in [-0.39, 0.29) is 5.56 Å². The first-order valence-corrected chi connectivity index (χ1v) is 5.60. The monoisotopic (exact) mass is 277 g/mol. The summed E-state index contributed by atoms with van der Waals surface area (Å²) in [6.07, 6.45) is 1.40. The number of nitrogens with zero attached hydrogens (tertiary/aromatic N) is 4. The second-order valence-electron chi connectivity index (χ2n) is 3.85. The Morgan fingerprint density at radius 2 is 2.00 bits per heavy atom. The average molecular weight is 277 g/mol. The van der Waals surface area contributed by atoms with E-state index in [0.29, 0.717) is 5.69 Å². The quantitative estimate of drug-likeness (QED) is 0.628. The number of aromatic nitrogens is 4. The molecule has 2 aromatic rings. The van der Waals surface area contributed by atoms with Crippen LogP contribution < -0.4 is 5.32 Å². The molecule has 1 aromatic heterocycles. The third-order valence-electron chi connectivity index (χ3n) is 2.53. The Morgan fingerprint density at radius 3 is 2.50 bits per heavy atom. The number of hydrogen-bond donors (Lipinski definition) is 3. The van der Waals surface area contributed by atoms with Crippen molar-refractivity contribution in [1.29, 1.82) is 0 Å². The predicted octanol–water partition coefficient (Wildman–Crippen LogP) is -1.16. The number of tetrazole rings is 1. The maximum Gasteiger partial charge on any atom is 0.328 e. The fourth-order valence-electron chi connectivity index (χ4n) is 1.47. The Balaban J connectivity index is 2.10. The van der Waals surface area contributed by atoms with Crippen molar-refractivity contribution in [2.75, 3.05) is 6.61 Å². The SMILES string of the molecule is O=C(N[C@H](CO)C(=O)O)c1ccc(-n2cnnn2)cc1. The number of aliphatic hydroxyl groups is 1. The molecule has 0 aliphatic carbocycles. The van der Waals surface area contributed by atoms with Gasteiger partial charge in [-0.15, -0.1) is 5.10 Å². The van der Waals surface area contributed by atoms with E-state index in [1.54, 1.807) is 12.1 Å². The smallest absolute Gasteiger partial charge is 0.328 e. The van der Waals surface area contributed by atoms with Crippen molar-refractivity contribution in [1.82, 2.24) is 25.5 Å². The standard InChI is InChI=1S/C11H11N5O4/c17-5-9(11(19)20)13-10(18)7-1-3-8(4-2-7)16-6-12-14-15-16/h1-4,6,9,17H,5H2,(H,13,18)(H,19,20)/t9-/m1/s1. The first-order chi connectivity index (χ1) is 9.61. The lowest BCUT2D eigenvalue weighted by atomic mass is 10.2. The zero-order chi connectivity index (χ0) is 14.5. The number of hydrogen-bond acceptors (Lipinski definition) is 6. The molecular formula is C11H11N5O4.